The SMILES string of the molecule is Cc1ccc(S(=O)(=O)N2CCCC2C(=O)Oc2ccc(Br)cc2F)s1. The van der Waals surface area contributed by atoms with Gasteiger partial charge in [-0.2, -0.15) is 4.31 Å². The summed E-state index contributed by atoms with van der Waals surface area (Å²) in [5.41, 5.74) is 0. The predicted octanol–water partition coefficient (Wildman–Crippen LogP) is 3.72. The van der Waals surface area contributed by atoms with Crippen LogP contribution < -0.4 is 4.74 Å². The van der Waals surface area contributed by atoms with Crippen molar-refractivity contribution < 1.29 is 22.3 Å². The summed E-state index contributed by atoms with van der Waals surface area (Å²) >= 11 is 4.28. The minimum Gasteiger partial charge on any atom is -0.422 e. The first-order valence-corrected chi connectivity index (χ1v) is 10.6. The molecule has 25 heavy (non-hydrogen) atoms. The van der Waals surface area contributed by atoms with E-state index >= 15 is 0 Å². The molecule has 1 fully saturated rings. The van der Waals surface area contributed by atoms with Gasteiger partial charge in [0.15, 0.2) is 11.6 Å². The Morgan fingerprint density at radius 3 is 2.76 bits per heavy atom. The highest BCUT2D eigenvalue weighted by Gasteiger charge is 2.41. The summed E-state index contributed by atoms with van der Waals surface area (Å²) in [5, 5.41) is 0. The Balaban J connectivity index is 1.82. The Labute approximate surface area is 157 Å². The Morgan fingerprint density at radius 1 is 1.36 bits per heavy atom. The summed E-state index contributed by atoms with van der Waals surface area (Å²) in [6, 6.07) is 6.36. The van der Waals surface area contributed by atoms with Gasteiger partial charge in [-0.25, -0.2) is 17.6 Å². The van der Waals surface area contributed by atoms with E-state index in [0.717, 1.165) is 20.5 Å². The molecule has 0 amide bonds. The maximum absolute atomic E-state index is 13.9. The lowest BCUT2D eigenvalue weighted by Gasteiger charge is -2.22. The first kappa shape index (κ1) is 18.5. The van der Waals surface area contributed by atoms with Crippen molar-refractivity contribution in [3.05, 3.63) is 45.5 Å². The zero-order valence-electron chi connectivity index (χ0n) is 13.2. The molecule has 134 valence electrons. The molecule has 2 heterocycles. The van der Waals surface area contributed by atoms with E-state index in [1.165, 1.54) is 18.2 Å². The van der Waals surface area contributed by atoms with Gasteiger partial charge in [0.1, 0.15) is 10.3 Å². The minimum atomic E-state index is -3.77. The van der Waals surface area contributed by atoms with Crippen LogP contribution in [0, 0.1) is 12.7 Å². The third kappa shape index (κ3) is 3.79. The molecule has 1 atom stereocenters. The van der Waals surface area contributed by atoms with Gasteiger partial charge in [-0.15, -0.1) is 11.3 Å². The van der Waals surface area contributed by atoms with Crippen LogP contribution in [0.25, 0.3) is 0 Å². The largest absolute Gasteiger partial charge is 0.422 e. The number of ether oxygens (including phenoxy) is 1. The van der Waals surface area contributed by atoms with Crippen LogP contribution in [0.15, 0.2) is 39.0 Å². The quantitative estimate of drug-likeness (QED) is 0.529. The Hall–Kier alpha value is -1.29. The highest BCUT2D eigenvalue weighted by atomic mass is 79.9. The predicted molar refractivity (Wildman–Crippen MR) is 95.7 cm³/mol. The summed E-state index contributed by atoms with van der Waals surface area (Å²) in [4.78, 5) is 13.3. The molecular formula is C16H15BrFNO4S2. The number of nitrogens with zero attached hydrogens (tertiary/aromatic N) is 1. The molecule has 1 aromatic carbocycles. The summed E-state index contributed by atoms with van der Waals surface area (Å²) in [6.07, 6.45) is 0.896. The van der Waals surface area contributed by atoms with Crippen molar-refractivity contribution in [2.45, 2.75) is 30.0 Å². The third-order valence-electron chi connectivity index (χ3n) is 3.86. The second-order valence-electron chi connectivity index (χ2n) is 5.63. The number of carbonyl (C=O) groups excluding carboxylic acids is 1. The number of rotatable bonds is 4. The summed E-state index contributed by atoms with van der Waals surface area (Å²) < 4.78 is 46.4. The second-order valence-corrected chi connectivity index (χ2v) is 9.96. The average Bonchev–Trinajstić information content (AvgIpc) is 3.19. The molecule has 0 N–H and O–H groups in total. The second kappa shape index (κ2) is 7.14. The van der Waals surface area contributed by atoms with Crippen molar-refractivity contribution in [2.24, 2.45) is 0 Å². The highest BCUT2D eigenvalue weighted by Crippen LogP contribution is 2.31. The van der Waals surface area contributed by atoms with E-state index in [-0.39, 0.29) is 16.5 Å². The fourth-order valence-electron chi connectivity index (χ4n) is 2.66. The van der Waals surface area contributed by atoms with Crippen LogP contribution in [0.1, 0.15) is 17.7 Å². The highest BCUT2D eigenvalue weighted by molar-refractivity contribution is 9.10. The van der Waals surface area contributed by atoms with E-state index in [9.17, 15) is 17.6 Å². The van der Waals surface area contributed by atoms with Gasteiger partial charge in [-0.1, -0.05) is 15.9 Å². The van der Waals surface area contributed by atoms with Gasteiger partial charge in [0.05, 0.1) is 0 Å². The van der Waals surface area contributed by atoms with Crippen LogP contribution in [0.4, 0.5) is 4.39 Å². The molecule has 0 bridgehead atoms. The molecule has 1 aliphatic heterocycles. The normalized spacial score (nSPS) is 18.4. The lowest BCUT2D eigenvalue weighted by Crippen LogP contribution is -2.42. The third-order valence-corrected chi connectivity index (χ3v) is 7.73. The number of aryl methyl sites for hydroxylation is 1. The van der Waals surface area contributed by atoms with Crippen LogP contribution >= 0.6 is 27.3 Å². The average molecular weight is 448 g/mol. The fraction of sp³-hybridized carbons (Fsp3) is 0.312. The zero-order valence-corrected chi connectivity index (χ0v) is 16.5. The van der Waals surface area contributed by atoms with Crippen molar-refractivity contribution in [3.8, 4) is 5.75 Å². The molecule has 1 unspecified atom stereocenters. The maximum Gasteiger partial charge on any atom is 0.329 e. The van der Waals surface area contributed by atoms with E-state index in [2.05, 4.69) is 15.9 Å². The summed E-state index contributed by atoms with van der Waals surface area (Å²) in [7, 11) is -3.77. The van der Waals surface area contributed by atoms with Gasteiger partial charge in [0, 0.05) is 15.9 Å². The van der Waals surface area contributed by atoms with Gasteiger partial charge in [-0.05, 0) is 50.1 Å². The monoisotopic (exact) mass is 447 g/mol. The molecule has 0 aliphatic carbocycles. The molecule has 2 aromatic rings. The molecule has 5 nitrogen and oxygen atoms in total. The summed E-state index contributed by atoms with van der Waals surface area (Å²) in [5.74, 6) is -1.68. The lowest BCUT2D eigenvalue weighted by molar-refractivity contribution is -0.138. The Morgan fingerprint density at radius 2 is 2.12 bits per heavy atom. The molecule has 3 rings (SSSR count). The molecule has 0 saturated carbocycles. The van der Waals surface area contributed by atoms with Gasteiger partial charge in [-0.3, -0.25) is 0 Å². The molecule has 9 heteroatoms. The molecule has 0 spiro atoms. The number of sulfonamides is 1. The smallest absolute Gasteiger partial charge is 0.329 e. The van der Waals surface area contributed by atoms with Crippen molar-refractivity contribution >= 4 is 43.3 Å². The van der Waals surface area contributed by atoms with E-state index < -0.39 is 27.9 Å². The molecular weight excluding hydrogens is 433 g/mol. The van der Waals surface area contributed by atoms with Gasteiger partial charge >= 0.3 is 5.97 Å². The van der Waals surface area contributed by atoms with Gasteiger partial charge < -0.3 is 4.74 Å². The number of halogens is 2. The van der Waals surface area contributed by atoms with E-state index in [1.54, 1.807) is 12.1 Å². The van der Waals surface area contributed by atoms with Crippen molar-refractivity contribution in [3.63, 3.8) is 0 Å². The molecule has 1 aromatic heterocycles. The van der Waals surface area contributed by atoms with Crippen LogP contribution in [0.5, 0.6) is 5.75 Å². The van der Waals surface area contributed by atoms with Crippen molar-refractivity contribution in [2.75, 3.05) is 6.54 Å². The molecule has 0 radical (unpaired) electrons. The Kier molecular flexibility index (Phi) is 5.29. The first-order valence-electron chi connectivity index (χ1n) is 7.54. The Bertz CT molecular complexity index is 913. The van der Waals surface area contributed by atoms with Gasteiger partial charge in [0.2, 0.25) is 0 Å². The minimum absolute atomic E-state index is 0.194. The number of carbonyl (C=O) groups is 1. The zero-order chi connectivity index (χ0) is 18.2. The fourth-order valence-corrected chi connectivity index (χ4v) is 6.06. The lowest BCUT2D eigenvalue weighted by atomic mass is 10.2. The maximum atomic E-state index is 13.9. The van der Waals surface area contributed by atoms with E-state index in [0.29, 0.717) is 17.3 Å². The molecule has 1 saturated heterocycles. The number of esters is 1. The number of benzene rings is 1. The van der Waals surface area contributed by atoms with E-state index in [4.69, 9.17) is 4.74 Å². The van der Waals surface area contributed by atoms with Crippen LogP contribution in [-0.4, -0.2) is 31.3 Å². The standard InChI is InChI=1S/C16H15BrFNO4S2/c1-10-4-7-15(24-10)25(21,22)19-8-2-3-13(19)16(20)23-14-6-5-11(17)9-12(14)18/h4-7,9,13H,2-3,8H2,1H3. The van der Waals surface area contributed by atoms with Crippen molar-refractivity contribution in [1.82, 2.24) is 4.31 Å². The number of hydrogen-bond donors (Lipinski definition) is 0. The number of hydrogen-bond acceptors (Lipinski definition) is 5. The summed E-state index contributed by atoms with van der Waals surface area (Å²) in [6.45, 7) is 2.05. The van der Waals surface area contributed by atoms with Crippen molar-refractivity contribution in [1.29, 1.82) is 0 Å². The van der Waals surface area contributed by atoms with Crippen LogP contribution in [0.3, 0.4) is 0 Å². The number of thiophene rings is 1. The topological polar surface area (TPSA) is 63.7 Å². The van der Waals surface area contributed by atoms with E-state index in [1.807, 2.05) is 6.92 Å². The van der Waals surface area contributed by atoms with Crippen LogP contribution in [-0.2, 0) is 14.8 Å². The van der Waals surface area contributed by atoms with Crippen LogP contribution in [0.2, 0.25) is 0 Å². The van der Waals surface area contributed by atoms with Gasteiger partial charge in [0.25, 0.3) is 10.0 Å². The first-order chi connectivity index (χ1) is 11.8. The molecule has 1 aliphatic rings.